The van der Waals surface area contributed by atoms with Crippen molar-refractivity contribution in [2.24, 2.45) is 5.92 Å². The predicted molar refractivity (Wildman–Crippen MR) is 100 cm³/mol. The fourth-order valence-corrected chi connectivity index (χ4v) is 4.23. The van der Waals surface area contributed by atoms with Crippen LogP contribution in [0, 0.1) is 12.8 Å². The fraction of sp³-hybridized carbons (Fsp3) is 0.632. The molecule has 0 bridgehead atoms. The van der Waals surface area contributed by atoms with Crippen molar-refractivity contribution in [2.45, 2.75) is 64.3 Å². The third-order valence-electron chi connectivity index (χ3n) is 4.15. The van der Waals surface area contributed by atoms with Gasteiger partial charge in [-0.2, -0.15) is 0 Å². The van der Waals surface area contributed by atoms with Crippen molar-refractivity contribution in [3.05, 3.63) is 29.3 Å². The minimum atomic E-state index is -3.66. The number of nitrogens with zero attached hydrogens (tertiary/aromatic N) is 1. The van der Waals surface area contributed by atoms with Gasteiger partial charge in [0.25, 0.3) is 5.91 Å². The molecule has 1 aliphatic rings. The minimum absolute atomic E-state index is 0.0703. The van der Waals surface area contributed by atoms with Crippen molar-refractivity contribution in [3.8, 4) is 0 Å². The number of hydrogen-bond donors (Lipinski definition) is 1. The van der Waals surface area contributed by atoms with Crippen molar-refractivity contribution in [1.29, 1.82) is 0 Å². The summed E-state index contributed by atoms with van der Waals surface area (Å²) in [7, 11) is -3.66. The van der Waals surface area contributed by atoms with Gasteiger partial charge in [-0.15, -0.1) is 0 Å². The van der Waals surface area contributed by atoms with Gasteiger partial charge in [0, 0.05) is 24.2 Å². The molecular weight excluding hydrogens is 336 g/mol. The molecule has 0 atom stereocenters. The Morgan fingerprint density at radius 1 is 1.28 bits per heavy atom. The van der Waals surface area contributed by atoms with E-state index in [4.69, 9.17) is 0 Å². The molecule has 1 N–H and O–H groups in total. The van der Waals surface area contributed by atoms with Crippen LogP contribution in [0.4, 0.5) is 0 Å². The van der Waals surface area contributed by atoms with Gasteiger partial charge in [-0.05, 0) is 70.6 Å². The van der Waals surface area contributed by atoms with Gasteiger partial charge in [0.15, 0.2) is 0 Å². The van der Waals surface area contributed by atoms with Gasteiger partial charge in [-0.1, -0.05) is 13.0 Å². The first-order valence-electron chi connectivity index (χ1n) is 8.97. The van der Waals surface area contributed by atoms with Crippen molar-refractivity contribution in [2.75, 3.05) is 13.1 Å². The summed E-state index contributed by atoms with van der Waals surface area (Å²) in [4.78, 5) is 15.0. The van der Waals surface area contributed by atoms with E-state index in [0.29, 0.717) is 18.0 Å². The van der Waals surface area contributed by atoms with Gasteiger partial charge >= 0.3 is 0 Å². The van der Waals surface area contributed by atoms with E-state index in [9.17, 15) is 13.2 Å². The molecule has 1 aromatic carbocycles. The average Bonchev–Trinajstić information content (AvgIpc) is 3.28. The monoisotopic (exact) mass is 366 g/mol. The number of benzene rings is 1. The Labute approximate surface area is 151 Å². The Morgan fingerprint density at radius 3 is 2.44 bits per heavy atom. The van der Waals surface area contributed by atoms with E-state index >= 15 is 0 Å². The molecule has 0 heterocycles. The Bertz CT molecular complexity index is 732. The van der Waals surface area contributed by atoms with Crippen LogP contribution in [0.1, 0.15) is 62.9 Å². The second kappa shape index (κ2) is 7.46. The van der Waals surface area contributed by atoms with E-state index < -0.39 is 15.6 Å². The van der Waals surface area contributed by atoms with Crippen LogP contribution in [-0.2, 0) is 10.0 Å². The van der Waals surface area contributed by atoms with E-state index in [2.05, 4.69) is 4.72 Å². The largest absolute Gasteiger partial charge is 0.338 e. The van der Waals surface area contributed by atoms with Crippen LogP contribution in [0.15, 0.2) is 23.1 Å². The molecule has 1 aliphatic carbocycles. The first-order valence-corrected chi connectivity index (χ1v) is 10.5. The summed E-state index contributed by atoms with van der Waals surface area (Å²) in [6.45, 7) is 10.8. The zero-order chi connectivity index (χ0) is 18.8. The SMILES string of the molecule is CCCN(CC1CC1)C(=O)c1cc(S(=O)(=O)NC(C)(C)C)ccc1C. The highest BCUT2D eigenvalue weighted by molar-refractivity contribution is 7.89. The Hall–Kier alpha value is -1.40. The predicted octanol–water partition coefficient (Wildman–Crippen LogP) is 3.33. The van der Waals surface area contributed by atoms with Crippen molar-refractivity contribution < 1.29 is 13.2 Å². The molecule has 25 heavy (non-hydrogen) atoms. The Morgan fingerprint density at radius 2 is 1.92 bits per heavy atom. The molecule has 1 aromatic rings. The molecule has 0 saturated heterocycles. The van der Waals surface area contributed by atoms with E-state index in [1.54, 1.807) is 32.9 Å². The summed E-state index contributed by atoms with van der Waals surface area (Å²) < 4.78 is 27.8. The standard InChI is InChI=1S/C19H30N2O3S/c1-6-11-21(13-15-8-9-15)18(22)17-12-16(10-7-14(17)2)25(23,24)20-19(3,4)5/h7,10,12,15,20H,6,8-9,11,13H2,1-5H3. The zero-order valence-electron chi connectivity index (χ0n) is 15.9. The second-order valence-corrected chi connectivity index (χ2v) is 9.71. The highest BCUT2D eigenvalue weighted by atomic mass is 32.2. The maximum absolute atomic E-state index is 13.0. The van der Waals surface area contributed by atoms with E-state index in [1.807, 2.05) is 18.7 Å². The maximum atomic E-state index is 13.0. The molecule has 1 amide bonds. The van der Waals surface area contributed by atoms with E-state index in [1.165, 1.54) is 18.9 Å². The van der Waals surface area contributed by atoms with Crippen LogP contribution in [0.2, 0.25) is 0 Å². The summed E-state index contributed by atoms with van der Waals surface area (Å²) in [6.07, 6.45) is 3.24. The van der Waals surface area contributed by atoms with Crippen LogP contribution < -0.4 is 4.72 Å². The molecule has 0 aromatic heterocycles. The lowest BCUT2D eigenvalue weighted by atomic mass is 10.1. The lowest BCUT2D eigenvalue weighted by Crippen LogP contribution is -2.40. The Kier molecular flexibility index (Phi) is 5.94. The topological polar surface area (TPSA) is 66.5 Å². The van der Waals surface area contributed by atoms with Crippen LogP contribution in [0.3, 0.4) is 0 Å². The molecule has 5 nitrogen and oxygen atoms in total. The van der Waals surface area contributed by atoms with Crippen LogP contribution in [0.25, 0.3) is 0 Å². The van der Waals surface area contributed by atoms with E-state index in [-0.39, 0.29) is 10.8 Å². The van der Waals surface area contributed by atoms with E-state index in [0.717, 1.165) is 18.5 Å². The van der Waals surface area contributed by atoms with Crippen molar-refractivity contribution >= 4 is 15.9 Å². The lowest BCUT2D eigenvalue weighted by Gasteiger charge is -2.24. The number of amides is 1. The molecule has 0 aliphatic heterocycles. The molecular formula is C19H30N2O3S. The van der Waals surface area contributed by atoms with Crippen LogP contribution in [0.5, 0.6) is 0 Å². The minimum Gasteiger partial charge on any atom is -0.338 e. The summed E-state index contributed by atoms with van der Waals surface area (Å²) in [5, 5.41) is 0. The number of carbonyl (C=O) groups is 1. The fourth-order valence-electron chi connectivity index (χ4n) is 2.79. The average molecular weight is 367 g/mol. The molecule has 1 fully saturated rings. The molecule has 0 spiro atoms. The number of rotatable bonds is 7. The zero-order valence-corrected chi connectivity index (χ0v) is 16.7. The van der Waals surface area contributed by atoms with Gasteiger partial charge in [-0.25, -0.2) is 13.1 Å². The molecule has 1 saturated carbocycles. The molecule has 2 rings (SSSR count). The van der Waals surface area contributed by atoms with Crippen molar-refractivity contribution in [3.63, 3.8) is 0 Å². The third kappa shape index (κ3) is 5.54. The smallest absolute Gasteiger partial charge is 0.254 e. The summed E-state index contributed by atoms with van der Waals surface area (Å²) in [5.41, 5.74) is 0.705. The van der Waals surface area contributed by atoms with Gasteiger partial charge in [0.1, 0.15) is 0 Å². The number of carbonyl (C=O) groups excluding carboxylic acids is 1. The number of aryl methyl sites for hydroxylation is 1. The summed E-state index contributed by atoms with van der Waals surface area (Å²) in [6, 6.07) is 4.79. The normalized spacial score (nSPS) is 15.2. The van der Waals surface area contributed by atoms with Gasteiger partial charge in [0.05, 0.1) is 4.90 Å². The number of sulfonamides is 1. The van der Waals surface area contributed by atoms with Gasteiger partial charge < -0.3 is 4.90 Å². The first kappa shape index (κ1) is 19.9. The highest BCUT2D eigenvalue weighted by Crippen LogP contribution is 2.30. The third-order valence-corrected chi connectivity index (χ3v) is 5.90. The van der Waals surface area contributed by atoms with Crippen molar-refractivity contribution in [1.82, 2.24) is 9.62 Å². The summed E-state index contributed by atoms with van der Waals surface area (Å²) in [5.74, 6) is 0.532. The van der Waals surface area contributed by atoms with Crippen LogP contribution in [-0.4, -0.2) is 37.9 Å². The first-order chi connectivity index (χ1) is 11.5. The lowest BCUT2D eigenvalue weighted by molar-refractivity contribution is 0.0746. The van der Waals surface area contributed by atoms with Crippen LogP contribution >= 0.6 is 0 Å². The molecule has 0 radical (unpaired) electrons. The van der Waals surface area contributed by atoms with Gasteiger partial charge in [-0.3, -0.25) is 4.79 Å². The molecule has 0 unspecified atom stereocenters. The number of nitrogens with one attached hydrogen (secondary N) is 1. The second-order valence-electron chi connectivity index (χ2n) is 8.03. The number of hydrogen-bond acceptors (Lipinski definition) is 3. The summed E-state index contributed by atoms with van der Waals surface area (Å²) >= 11 is 0. The molecule has 140 valence electrons. The highest BCUT2D eigenvalue weighted by Gasteiger charge is 2.28. The maximum Gasteiger partial charge on any atom is 0.254 e. The quantitative estimate of drug-likeness (QED) is 0.805. The Balaban J connectivity index is 2.32. The molecule has 6 heteroatoms. The van der Waals surface area contributed by atoms with Gasteiger partial charge in [0.2, 0.25) is 10.0 Å².